The predicted molar refractivity (Wildman–Crippen MR) is 110 cm³/mol. The van der Waals surface area contributed by atoms with E-state index in [1.165, 1.54) is 6.08 Å². The van der Waals surface area contributed by atoms with E-state index in [1.807, 2.05) is 48.5 Å². The molecule has 0 fully saturated rings. The van der Waals surface area contributed by atoms with Gasteiger partial charge in [0.05, 0.1) is 11.4 Å². The molecule has 0 aliphatic carbocycles. The molecule has 3 aromatic rings. The smallest absolute Gasteiger partial charge is 0.321 e. The molecule has 0 radical (unpaired) electrons. The highest BCUT2D eigenvalue weighted by Crippen LogP contribution is 2.21. The fraction of sp³-hybridized carbons (Fsp3) is 0. The number of amides is 3. The zero-order valence-electron chi connectivity index (χ0n) is 14.6. The van der Waals surface area contributed by atoms with Gasteiger partial charge in [0.15, 0.2) is 0 Å². The number of hydrogen-bond acceptors (Lipinski definition) is 2. The summed E-state index contributed by atoms with van der Waals surface area (Å²) in [6.45, 7) is 0. The highest BCUT2D eigenvalue weighted by molar-refractivity contribution is 6.07. The van der Waals surface area contributed by atoms with Crippen LogP contribution in [0.4, 0.5) is 21.9 Å². The van der Waals surface area contributed by atoms with Crippen molar-refractivity contribution in [1.29, 1.82) is 0 Å². The van der Waals surface area contributed by atoms with Crippen LogP contribution in [0.2, 0.25) is 0 Å². The van der Waals surface area contributed by atoms with E-state index in [2.05, 4.69) is 16.0 Å². The second-order valence-corrected chi connectivity index (χ2v) is 5.72. The molecule has 0 aliphatic rings. The number of hydrogen-bond donors (Lipinski definition) is 3. The Morgan fingerprint density at radius 1 is 0.630 bits per heavy atom. The molecule has 134 valence electrons. The average Bonchev–Trinajstić information content (AvgIpc) is 2.69. The molecule has 3 N–H and O–H groups in total. The summed E-state index contributed by atoms with van der Waals surface area (Å²) < 4.78 is 0. The van der Waals surface area contributed by atoms with Gasteiger partial charge in [0.2, 0.25) is 5.91 Å². The van der Waals surface area contributed by atoms with Crippen LogP contribution >= 0.6 is 0 Å². The Labute approximate surface area is 157 Å². The molecule has 3 aromatic carbocycles. The molecule has 0 saturated heterocycles. The molecule has 0 saturated carbocycles. The van der Waals surface area contributed by atoms with Crippen molar-refractivity contribution in [3.8, 4) is 0 Å². The molecular weight excluding hydrogens is 338 g/mol. The Bertz CT molecular complexity index is 938. The number of nitrogens with one attached hydrogen (secondary N) is 3. The lowest BCUT2D eigenvalue weighted by Gasteiger charge is -2.12. The molecule has 5 heteroatoms. The van der Waals surface area contributed by atoms with Crippen LogP contribution in [0.1, 0.15) is 5.56 Å². The van der Waals surface area contributed by atoms with Gasteiger partial charge in [-0.2, -0.15) is 0 Å². The van der Waals surface area contributed by atoms with Crippen LogP contribution in [0.15, 0.2) is 91.0 Å². The van der Waals surface area contributed by atoms with Crippen molar-refractivity contribution in [3.05, 3.63) is 96.6 Å². The summed E-state index contributed by atoms with van der Waals surface area (Å²) in [5.41, 5.74) is 2.64. The number of anilines is 3. The normalized spacial score (nSPS) is 10.4. The minimum atomic E-state index is -0.386. The standard InChI is InChI=1S/C22H19N3O2/c26-21(16-15-17-9-3-1-4-10-17)24-19-13-7-8-14-20(19)25-22(27)23-18-11-5-2-6-12-18/h1-16H,(H,24,26)(H2,23,25,27). The molecule has 0 bridgehead atoms. The molecule has 3 rings (SSSR count). The number of urea groups is 1. The molecule has 5 nitrogen and oxygen atoms in total. The van der Waals surface area contributed by atoms with Gasteiger partial charge < -0.3 is 16.0 Å². The van der Waals surface area contributed by atoms with Gasteiger partial charge in [-0.25, -0.2) is 4.79 Å². The number of carbonyl (C=O) groups is 2. The monoisotopic (exact) mass is 357 g/mol. The minimum Gasteiger partial charge on any atom is -0.321 e. The average molecular weight is 357 g/mol. The highest BCUT2D eigenvalue weighted by Gasteiger charge is 2.08. The van der Waals surface area contributed by atoms with Gasteiger partial charge in [-0.05, 0) is 35.9 Å². The van der Waals surface area contributed by atoms with Gasteiger partial charge in [0, 0.05) is 11.8 Å². The molecule has 3 amide bonds. The first-order chi connectivity index (χ1) is 13.2. The highest BCUT2D eigenvalue weighted by atomic mass is 16.2. The molecule has 27 heavy (non-hydrogen) atoms. The maximum atomic E-state index is 12.2. The fourth-order valence-corrected chi connectivity index (χ4v) is 2.42. The Kier molecular flexibility index (Phi) is 5.99. The Morgan fingerprint density at radius 2 is 1.19 bits per heavy atom. The van der Waals surface area contributed by atoms with Gasteiger partial charge in [-0.15, -0.1) is 0 Å². The van der Waals surface area contributed by atoms with E-state index in [-0.39, 0.29) is 11.9 Å². The number of para-hydroxylation sites is 3. The summed E-state index contributed by atoms with van der Waals surface area (Å²) in [7, 11) is 0. The van der Waals surface area contributed by atoms with Gasteiger partial charge >= 0.3 is 6.03 Å². The molecule has 0 spiro atoms. The van der Waals surface area contributed by atoms with E-state index in [9.17, 15) is 9.59 Å². The third-order valence-corrected chi connectivity index (χ3v) is 3.69. The summed E-state index contributed by atoms with van der Waals surface area (Å²) in [4.78, 5) is 24.4. The van der Waals surface area contributed by atoms with E-state index in [1.54, 1.807) is 42.5 Å². The topological polar surface area (TPSA) is 70.2 Å². The molecule has 0 heterocycles. The fourth-order valence-electron chi connectivity index (χ4n) is 2.42. The van der Waals surface area contributed by atoms with Crippen molar-refractivity contribution in [2.45, 2.75) is 0 Å². The maximum Gasteiger partial charge on any atom is 0.323 e. The SMILES string of the molecule is O=C(C=Cc1ccccc1)Nc1ccccc1NC(=O)Nc1ccccc1. The number of rotatable bonds is 5. The largest absolute Gasteiger partial charge is 0.323 e. The van der Waals surface area contributed by atoms with Crippen molar-refractivity contribution in [2.24, 2.45) is 0 Å². The minimum absolute atomic E-state index is 0.281. The molecular formula is C22H19N3O2. The van der Waals surface area contributed by atoms with Gasteiger partial charge in [0.25, 0.3) is 0 Å². The summed E-state index contributed by atoms with van der Waals surface area (Å²) in [5, 5.41) is 8.27. The van der Waals surface area contributed by atoms with Crippen molar-refractivity contribution in [2.75, 3.05) is 16.0 Å². The van der Waals surface area contributed by atoms with E-state index >= 15 is 0 Å². The number of carbonyl (C=O) groups excluding carboxylic acids is 2. The van der Waals surface area contributed by atoms with Gasteiger partial charge in [-0.3, -0.25) is 4.79 Å². The van der Waals surface area contributed by atoms with Crippen LogP contribution in [0, 0.1) is 0 Å². The van der Waals surface area contributed by atoms with E-state index in [4.69, 9.17) is 0 Å². The van der Waals surface area contributed by atoms with Crippen molar-refractivity contribution < 1.29 is 9.59 Å². The summed E-state index contributed by atoms with van der Waals surface area (Å²) >= 11 is 0. The Hall–Kier alpha value is -3.86. The second kappa shape index (κ2) is 9.01. The van der Waals surface area contributed by atoms with Crippen LogP contribution < -0.4 is 16.0 Å². The third kappa shape index (κ3) is 5.57. The maximum absolute atomic E-state index is 12.2. The molecule has 0 unspecified atom stereocenters. The van der Waals surface area contributed by atoms with Crippen LogP contribution in [0.25, 0.3) is 6.08 Å². The lowest BCUT2D eigenvalue weighted by molar-refractivity contribution is -0.111. The van der Waals surface area contributed by atoms with Crippen molar-refractivity contribution in [3.63, 3.8) is 0 Å². The summed E-state index contributed by atoms with van der Waals surface area (Å²) in [6.07, 6.45) is 3.18. The lowest BCUT2D eigenvalue weighted by atomic mass is 10.2. The van der Waals surface area contributed by atoms with Gasteiger partial charge in [0.1, 0.15) is 0 Å². The quantitative estimate of drug-likeness (QED) is 0.564. The Morgan fingerprint density at radius 3 is 1.85 bits per heavy atom. The zero-order chi connectivity index (χ0) is 18.9. The van der Waals surface area contributed by atoms with E-state index < -0.39 is 0 Å². The third-order valence-electron chi connectivity index (χ3n) is 3.69. The van der Waals surface area contributed by atoms with Crippen molar-refractivity contribution in [1.82, 2.24) is 0 Å². The van der Waals surface area contributed by atoms with Gasteiger partial charge in [-0.1, -0.05) is 60.7 Å². The summed E-state index contributed by atoms with van der Waals surface area (Å²) in [6, 6.07) is 25.3. The first kappa shape index (κ1) is 17.9. The van der Waals surface area contributed by atoms with Crippen LogP contribution in [0.3, 0.4) is 0 Å². The molecule has 0 aromatic heterocycles. The lowest BCUT2D eigenvalue weighted by Crippen LogP contribution is -2.20. The first-order valence-corrected chi connectivity index (χ1v) is 8.47. The zero-order valence-corrected chi connectivity index (χ0v) is 14.6. The van der Waals surface area contributed by atoms with E-state index in [0.29, 0.717) is 17.1 Å². The summed E-state index contributed by atoms with van der Waals surface area (Å²) in [5.74, 6) is -0.281. The molecule has 0 aliphatic heterocycles. The second-order valence-electron chi connectivity index (χ2n) is 5.72. The van der Waals surface area contributed by atoms with Crippen molar-refractivity contribution >= 4 is 35.1 Å². The molecule has 0 atom stereocenters. The Balaban J connectivity index is 1.64. The van der Waals surface area contributed by atoms with Crippen LogP contribution in [-0.2, 0) is 4.79 Å². The number of benzene rings is 3. The predicted octanol–water partition coefficient (Wildman–Crippen LogP) is 4.98. The van der Waals surface area contributed by atoms with Crippen LogP contribution in [0.5, 0.6) is 0 Å². The van der Waals surface area contributed by atoms with E-state index in [0.717, 1.165) is 5.56 Å². The van der Waals surface area contributed by atoms with Crippen LogP contribution in [-0.4, -0.2) is 11.9 Å². The first-order valence-electron chi connectivity index (χ1n) is 8.47.